The van der Waals surface area contributed by atoms with Crippen molar-refractivity contribution in [3.63, 3.8) is 0 Å². The predicted octanol–water partition coefficient (Wildman–Crippen LogP) is 7.36. The fourth-order valence-corrected chi connectivity index (χ4v) is 3.01. The topological polar surface area (TPSA) is 21.3 Å². The Balaban J connectivity index is 1.55. The molecule has 27 heavy (non-hydrogen) atoms. The van der Waals surface area contributed by atoms with Gasteiger partial charge in [-0.05, 0) is 60.9 Å². The van der Waals surface area contributed by atoms with Crippen molar-refractivity contribution in [1.29, 1.82) is 0 Å². The lowest BCUT2D eigenvalue weighted by Gasteiger charge is -2.09. The van der Waals surface area contributed by atoms with Crippen LogP contribution in [0.25, 0.3) is 11.1 Å². The molecule has 0 aliphatic carbocycles. The summed E-state index contributed by atoms with van der Waals surface area (Å²) in [5.74, 6) is 0.952. The van der Waals surface area contributed by atoms with Crippen LogP contribution in [-0.4, -0.2) is 6.61 Å². The van der Waals surface area contributed by atoms with E-state index >= 15 is 0 Å². The minimum atomic E-state index is 0.804. The number of hydrogen-bond acceptors (Lipinski definition) is 2. The molecule has 0 heterocycles. The highest BCUT2D eigenvalue weighted by molar-refractivity contribution is 5.68. The Hall–Kier alpha value is -2.74. The zero-order chi connectivity index (χ0) is 18.9. The van der Waals surface area contributed by atoms with Gasteiger partial charge in [0.2, 0.25) is 0 Å². The van der Waals surface area contributed by atoms with E-state index in [9.17, 15) is 0 Å². The summed E-state index contributed by atoms with van der Waals surface area (Å²) < 4.78 is 5.83. The van der Waals surface area contributed by atoms with Gasteiger partial charge in [-0.1, -0.05) is 68.1 Å². The van der Waals surface area contributed by atoms with Gasteiger partial charge in [0.25, 0.3) is 0 Å². The van der Waals surface area contributed by atoms with Crippen LogP contribution in [0, 0.1) is 6.92 Å². The smallest absolute Gasteiger partial charge is 0.119 e. The monoisotopic (exact) mass is 359 g/mol. The van der Waals surface area contributed by atoms with Gasteiger partial charge in [-0.15, -0.1) is 0 Å². The highest BCUT2D eigenvalue weighted by Gasteiger charge is 2.01. The van der Waals surface area contributed by atoms with Crippen molar-refractivity contribution in [1.82, 2.24) is 0 Å². The van der Waals surface area contributed by atoms with Gasteiger partial charge in [-0.2, -0.15) is 0 Å². The lowest BCUT2D eigenvalue weighted by Crippen LogP contribution is -1.96. The van der Waals surface area contributed by atoms with E-state index in [-0.39, 0.29) is 0 Å². The van der Waals surface area contributed by atoms with Gasteiger partial charge in [-0.3, -0.25) is 0 Å². The average molecular weight is 360 g/mol. The van der Waals surface area contributed by atoms with E-state index in [1.807, 2.05) is 0 Å². The minimum absolute atomic E-state index is 0.804. The molecule has 0 unspecified atom stereocenters. The maximum atomic E-state index is 5.83. The molecule has 0 spiro atoms. The zero-order valence-corrected chi connectivity index (χ0v) is 16.4. The Morgan fingerprint density at radius 2 is 1.22 bits per heavy atom. The van der Waals surface area contributed by atoms with Crippen LogP contribution in [0.1, 0.15) is 38.2 Å². The molecule has 0 aliphatic rings. The molecule has 0 aliphatic heterocycles. The summed E-state index contributed by atoms with van der Waals surface area (Å²) in [6.45, 7) is 5.13. The van der Waals surface area contributed by atoms with Crippen LogP contribution in [0.15, 0.2) is 72.8 Å². The maximum absolute atomic E-state index is 5.83. The molecule has 1 N–H and O–H groups in total. The van der Waals surface area contributed by atoms with Crippen LogP contribution in [0.3, 0.4) is 0 Å². The molecule has 2 heteroatoms. The first-order valence-electron chi connectivity index (χ1n) is 9.91. The molecule has 3 aromatic carbocycles. The lowest BCUT2D eigenvalue weighted by atomic mass is 10.1. The Kier molecular flexibility index (Phi) is 6.92. The fraction of sp³-hybridized carbons (Fsp3) is 0.280. The van der Waals surface area contributed by atoms with E-state index in [1.165, 1.54) is 36.0 Å². The third kappa shape index (κ3) is 5.89. The predicted molar refractivity (Wildman–Crippen MR) is 116 cm³/mol. The number of rotatable bonds is 9. The van der Waals surface area contributed by atoms with Crippen LogP contribution in [0.2, 0.25) is 0 Å². The molecule has 0 bridgehead atoms. The summed E-state index contributed by atoms with van der Waals surface area (Å²) in [7, 11) is 0. The number of aryl methyl sites for hydroxylation is 1. The molecular formula is C25H29NO. The second-order valence-electron chi connectivity index (χ2n) is 7.00. The van der Waals surface area contributed by atoms with E-state index in [2.05, 4.69) is 92.0 Å². The Bertz CT molecular complexity index is 804. The Morgan fingerprint density at radius 3 is 1.81 bits per heavy atom. The molecule has 0 fully saturated rings. The minimum Gasteiger partial charge on any atom is -0.494 e. The molecule has 3 aromatic rings. The second kappa shape index (κ2) is 9.82. The van der Waals surface area contributed by atoms with Crippen LogP contribution in [0.5, 0.6) is 5.75 Å². The van der Waals surface area contributed by atoms with Gasteiger partial charge in [0.1, 0.15) is 5.75 Å². The van der Waals surface area contributed by atoms with Gasteiger partial charge in [-0.25, -0.2) is 0 Å². The van der Waals surface area contributed by atoms with Gasteiger partial charge in [0, 0.05) is 11.4 Å². The molecule has 2 nitrogen and oxygen atoms in total. The molecule has 0 radical (unpaired) electrons. The molecule has 3 rings (SSSR count). The van der Waals surface area contributed by atoms with Crippen LogP contribution < -0.4 is 10.1 Å². The van der Waals surface area contributed by atoms with E-state index < -0.39 is 0 Å². The first-order valence-corrected chi connectivity index (χ1v) is 9.91. The van der Waals surface area contributed by atoms with Crippen molar-refractivity contribution in [2.24, 2.45) is 0 Å². The molecular weight excluding hydrogens is 330 g/mol. The summed E-state index contributed by atoms with van der Waals surface area (Å²) in [4.78, 5) is 0. The van der Waals surface area contributed by atoms with Crippen LogP contribution in [0.4, 0.5) is 11.4 Å². The third-order valence-electron chi connectivity index (χ3n) is 4.68. The average Bonchev–Trinajstić information content (AvgIpc) is 2.71. The lowest BCUT2D eigenvalue weighted by molar-refractivity contribution is 0.305. The quantitative estimate of drug-likeness (QED) is 0.403. The van der Waals surface area contributed by atoms with Gasteiger partial charge < -0.3 is 10.1 Å². The van der Waals surface area contributed by atoms with Gasteiger partial charge in [0.15, 0.2) is 0 Å². The van der Waals surface area contributed by atoms with Crippen LogP contribution >= 0.6 is 0 Å². The first-order chi connectivity index (χ1) is 13.2. The summed E-state index contributed by atoms with van der Waals surface area (Å²) >= 11 is 0. The van der Waals surface area contributed by atoms with Crippen molar-refractivity contribution in [3.05, 3.63) is 78.4 Å². The number of benzene rings is 3. The number of nitrogens with one attached hydrogen (secondary N) is 1. The van der Waals surface area contributed by atoms with Gasteiger partial charge in [0.05, 0.1) is 6.61 Å². The van der Waals surface area contributed by atoms with E-state index in [1.54, 1.807) is 0 Å². The normalized spacial score (nSPS) is 10.6. The number of ether oxygens (including phenoxy) is 1. The number of unbranched alkanes of at least 4 members (excludes halogenated alkanes) is 3. The van der Waals surface area contributed by atoms with Crippen LogP contribution in [-0.2, 0) is 0 Å². The molecule has 140 valence electrons. The Labute approximate surface area is 163 Å². The van der Waals surface area contributed by atoms with Crippen molar-refractivity contribution in [3.8, 4) is 16.9 Å². The highest BCUT2D eigenvalue weighted by atomic mass is 16.5. The zero-order valence-electron chi connectivity index (χ0n) is 16.4. The van der Waals surface area contributed by atoms with Crippen molar-refractivity contribution >= 4 is 11.4 Å². The highest BCUT2D eigenvalue weighted by Crippen LogP contribution is 2.25. The largest absolute Gasteiger partial charge is 0.494 e. The van der Waals surface area contributed by atoms with E-state index in [0.717, 1.165) is 30.2 Å². The summed E-state index contributed by atoms with van der Waals surface area (Å²) in [6.07, 6.45) is 4.92. The third-order valence-corrected chi connectivity index (χ3v) is 4.68. The Morgan fingerprint density at radius 1 is 0.667 bits per heavy atom. The SMILES string of the molecule is CCCCCCOc1ccc(-c2ccc(Nc3ccc(C)cc3)cc2)cc1. The second-order valence-corrected chi connectivity index (χ2v) is 7.00. The standard InChI is InChI=1S/C25H29NO/c1-3-4-5-6-19-27-25-17-11-22(12-18-25)21-9-15-24(16-10-21)26-23-13-7-20(2)8-14-23/h7-18,26H,3-6,19H2,1-2H3. The molecule has 0 aromatic heterocycles. The molecule has 0 saturated heterocycles. The maximum Gasteiger partial charge on any atom is 0.119 e. The van der Waals surface area contributed by atoms with Crippen molar-refractivity contribution in [2.45, 2.75) is 39.5 Å². The summed E-state index contributed by atoms with van der Waals surface area (Å²) in [6, 6.07) is 25.4. The molecule has 0 amide bonds. The fourth-order valence-electron chi connectivity index (χ4n) is 3.01. The molecule has 0 atom stereocenters. The number of anilines is 2. The summed E-state index contributed by atoms with van der Waals surface area (Å²) in [5.41, 5.74) is 5.88. The van der Waals surface area contributed by atoms with Crippen molar-refractivity contribution < 1.29 is 4.74 Å². The van der Waals surface area contributed by atoms with E-state index in [4.69, 9.17) is 4.74 Å². The van der Waals surface area contributed by atoms with E-state index in [0.29, 0.717) is 0 Å². The molecule has 0 saturated carbocycles. The van der Waals surface area contributed by atoms with Crippen molar-refractivity contribution in [2.75, 3.05) is 11.9 Å². The first kappa shape index (κ1) is 19.0. The summed E-state index contributed by atoms with van der Waals surface area (Å²) in [5, 5.41) is 3.44. The number of hydrogen-bond donors (Lipinski definition) is 1. The van der Waals surface area contributed by atoms with Gasteiger partial charge >= 0.3 is 0 Å².